The molecular formula is C14H28ClNO. The Morgan fingerprint density at radius 3 is 2.24 bits per heavy atom. The van der Waals surface area contributed by atoms with E-state index in [1.807, 2.05) is 4.90 Å². The highest BCUT2D eigenvalue weighted by Crippen LogP contribution is 2.16. The topological polar surface area (TPSA) is 20.3 Å². The molecule has 0 radical (unpaired) electrons. The molecule has 0 N–H and O–H groups in total. The van der Waals surface area contributed by atoms with Crippen molar-refractivity contribution in [2.45, 2.75) is 59.3 Å². The molecule has 0 saturated carbocycles. The van der Waals surface area contributed by atoms with Crippen molar-refractivity contribution in [3.8, 4) is 0 Å². The second-order valence-corrected chi connectivity index (χ2v) is 4.99. The highest BCUT2D eigenvalue weighted by molar-refractivity contribution is 6.18. The number of amides is 1. The van der Waals surface area contributed by atoms with Crippen molar-refractivity contribution in [1.82, 2.24) is 4.90 Å². The van der Waals surface area contributed by atoms with Gasteiger partial charge in [-0.2, -0.15) is 0 Å². The van der Waals surface area contributed by atoms with E-state index in [1.165, 1.54) is 0 Å². The van der Waals surface area contributed by atoms with Gasteiger partial charge in [0.15, 0.2) is 0 Å². The summed E-state index contributed by atoms with van der Waals surface area (Å²) in [6.45, 7) is 7.99. The zero-order valence-electron chi connectivity index (χ0n) is 11.7. The normalized spacial score (nSPS) is 12.5. The molecule has 0 aromatic heterocycles. The van der Waals surface area contributed by atoms with Crippen LogP contribution in [-0.4, -0.2) is 29.8 Å². The molecule has 0 aromatic carbocycles. The van der Waals surface area contributed by atoms with Gasteiger partial charge in [-0.1, -0.05) is 40.0 Å². The molecule has 1 unspecified atom stereocenters. The highest BCUT2D eigenvalue weighted by atomic mass is 35.5. The van der Waals surface area contributed by atoms with Crippen molar-refractivity contribution in [2.24, 2.45) is 5.92 Å². The fourth-order valence-electron chi connectivity index (χ4n) is 1.99. The molecule has 0 aliphatic rings. The monoisotopic (exact) mass is 261 g/mol. The average molecular weight is 262 g/mol. The summed E-state index contributed by atoms with van der Waals surface area (Å²) >= 11 is 5.78. The van der Waals surface area contributed by atoms with Gasteiger partial charge in [0.2, 0.25) is 5.91 Å². The molecule has 0 saturated heterocycles. The molecule has 102 valence electrons. The molecule has 2 nitrogen and oxygen atoms in total. The van der Waals surface area contributed by atoms with Crippen LogP contribution >= 0.6 is 11.6 Å². The largest absolute Gasteiger partial charge is 0.341 e. The van der Waals surface area contributed by atoms with Gasteiger partial charge in [0.25, 0.3) is 0 Å². The van der Waals surface area contributed by atoms with E-state index in [1.54, 1.807) is 0 Å². The third-order valence-corrected chi connectivity index (χ3v) is 3.36. The molecule has 0 fully saturated rings. The average Bonchev–Trinajstić information content (AvgIpc) is 2.35. The van der Waals surface area contributed by atoms with Gasteiger partial charge in [-0.3, -0.25) is 4.79 Å². The summed E-state index contributed by atoms with van der Waals surface area (Å²) in [7, 11) is 0. The Hall–Kier alpha value is -0.240. The van der Waals surface area contributed by atoms with Gasteiger partial charge in [-0.25, -0.2) is 0 Å². The SMILES string of the molecule is CCCCC(CC)C(=O)N(CCCl)CCCC. The number of unbranched alkanes of at least 4 members (excludes halogenated alkanes) is 2. The minimum absolute atomic E-state index is 0.204. The van der Waals surface area contributed by atoms with Gasteiger partial charge in [0.1, 0.15) is 0 Å². The van der Waals surface area contributed by atoms with Crippen LogP contribution in [0.2, 0.25) is 0 Å². The Morgan fingerprint density at radius 2 is 1.76 bits per heavy atom. The number of rotatable bonds is 10. The van der Waals surface area contributed by atoms with Crippen molar-refractivity contribution in [3.63, 3.8) is 0 Å². The molecule has 0 aromatic rings. The lowest BCUT2D eigenvalue weighted by atomic mass is 9.97. The van der Waals surface area contributed by atoms with Crippen LogP contribution < -0.4 is 0 Å². The highest BCUT2D eigenvalue weighted by Gasteiger charge is 2.21. The smallest absolute Gasteiger partial charge is 0.225 e. The van der Waals surface area contributed by atoms with Crippen molar-refractivity contribution in [2.75, 3.05) is 19.0 Å². The van der Waals surface area contributed by atoms with Crippen LogP contribution in [0.5, 0.6) is 0 Å². The molecule has 3 heteroatoms. The zero-order valence-corrected chi connectivity index (χ0v) is 12.4. The third kappa shape index (κ3) is 6.92. The van der Waals surface area contributed by atoms with E-state index in [0.29, 0.717) is 18.3 Å². The summed E-state index contributed by atoms with van der Waals surface area (Å²) in [5.41, 5.74) is 0. The lowest BCUT2D eigenvalue weighted by molar-refractivity contribution is -0.135. The van der Waals surface area contributed by atoms with E-state index in [2.05, 4.69) is 20.8 Å². The van der Waals surface area contributed by atoms with Gasteiger partial charge in [0, 0.05) is 24.9 Å². The van der Waals surface area contributed by atoms with Crippen LogP contribution in [0.15, 0.2) is 0 Å². The molecule has 1 amide bonds. The summed E-state index contributed by atoms with van der Waals surface area (Å²) in [5, 5.41) is 0. The number of hydrogen-bond donors (Lipinski definition) is 0. The first-order chi connectivity index (χ1) is 8.21. The van der Waals surface area contributed by atoms with Crippen LogP contribution in [0.1, 0.15) is 59.3 Å². The maximum atomic E-state index is 12.3. The van der Waals surface area contributed by atoms with Crippen LogP contribution in [0.4, 0.5) is 0 Å². The zero-order chi connectivity index (χ0) is 13.1. The van der Waals surface area contributed by atoms with Crippen LogP contribution in [0, 0.1) is 5.92 Å². The Kier molecular flexibility index (Phi) is 10.7. The molecular weight excluding hydrogens is 234 g/mol. The minimum Gasteiger partial charge on any atom is -0.341 e. The maximum Gasteiger partial charge on any atom is 0.225 e. The lowest BCUT2D eigenvalue weighted by Gasteiger charge is -2.26. The van der Waals surface area contributed by atoms with Gasteiger partial charge < -0.3 is 4.90 Å². The second kappa shape index (κ2) is 10.9. The second-order valence-electron chi connectivity index (χ2n) is 4.62. The summed E-state index contributed by atoms with van der Waals surface area (Å²) in [5.74, 6) is 1.06. The fourth-order valence-corrected chi connectivity index (χ4v) is 2.20. The summed E-state index contributed by atoms with van der Waals surface area (Å²) in [4.78, 5) is 14.3. The third-order valence-electron chi connectivity index (χ3n) is 3.20. The standard InChI is InChI=1S/C14H28ClNO/c1-4-7-9-13(6-3)14(17)16(12-10-15)11-8-5-2/h13H,4-12H2,1-3H3. The molecule has 17 heavy (non-hydrogen) atoms. The number of hydrogen-bond acceptors (Lipinski definition) is 1. The minimum atomic E-state index is 0.204. The Balaban J connectivity index is 4.32. The molecule has 0 heterocycles. The molecule has 0 spiro atoms. The lowest BCUT2D eigenvalue weighted by Crippen LogP contribution is -2.38. The van der Waals surface area contributed by atoms with Crippen molar-refractivity contribution in [3.05, 3.63) is 0 Å². The molecule has 0 aliphatic heterocycles. The Labute approximate surface area is 112 Å². The summed E-state index contributed by atoms with van der Waals surface area (Å²) in [6.07, 6.45) is 6.48. The van der Waals surface area contributed by atoms with E-state index in [0.717, 1.165) is 45.1 Å². The first kappa shape index (κ1) is 16.8. The van der Waals surface area contributed by atoms with E-state index in [4.69, 9.17) is 11.6 Å². The van der Waals surface area contributed by atoms with E-state index in [-0.39, 0.29) is 5.92 Å². The first-order valence-corrected chi connectivity index (χ1v) is 7.59. The van der Waals surface area contributed by atoms with Crippen LogP contribution in [-0.2, 0) is 4.79 Å². The van der Waals surface area contributed by atoms with Gasteiger partial charge >= 0.3 is 0 Å². The van der Waals surface area contributed by atoms with Crippen LogP contribution in [0.3, 0.4) is 0 Å². The van der Waals surface area contributed by atoms with Crippen LogP contribution in [0.25, 0.3) is 0 Å². The van der Waals surface area contributed by atoms with Crippen molar-refractivity contribution >= 4 is 17.5 Å². The number of halogens is 1. The van der Waals surface area contributed by atoms with Crippen molar-refractivity contribution < 1.29 is 4.79 Å². The summed E-state index contributed by atoms with van der Waals surface area (Å²) < 4.78 is 0. The van der Waals surface area contributed by atoms with Crippen molar-refractivity contribution in [1.29, 1.82) is 0 Å². The quantitative estimate of drug-likeness (QED) is 0.543. The molecule has 0 rings (SSSR count). The number of carbonyl (C=O) groups is 1. The molecule has 0 bridgehead atoms. The van der Waals surface area contributed by atoms with E-state index in [9.17, 15) is 4.79 Å². The predicted octanol–water partition coefficient (Wildman–Crippen LogP) is 4.07. The predicted molar refractivity (Wildman–Crippen MR) is 75.5 cm³/mol. The number of carbonyl (C=O) groups excluding carboxylic acids is 1. The van der Waals surface area contributed by atoms with Gasteiger partial charge in [-0.05, 0) is 19.3 Å². The number of alkyl halides is 1. The van der Waals surface area contributed by atoms with E-state index < -0.39 is 0 Å². The van der Waals surface area contributed by atoms with E-state index >= 15 is 0 Å². The fraction of sp³-hybridized carbons (Fsp3) is 0.929. The first-order valence-electron chi connectivity index (χ1n) is 7.05. The Morgan fingerprint density at radius 1 is 1.12 bits per heavy atom. The molecule has 1 atom stereocenters. The number of nitrogens with zero attached hydrogens (tertiary/aromatic N) is 1. The molecule has 0 aliphatic carbocycles. The van der Waals surface area contributed by atoms with Gasteiger partial charge in [0.05, 0.1) is 0 Å². The summed E-state index contributed by atoms with van der Waals surface area (Å²) in [6, 6.07) is 0. The Bertz CT molecular complexity index is 197. The maximum absolute atomic E-state index is 12.3. The van der Waals surface area contributed by atoms with Gasteiger partial charge in [-0.15, -0.1) is 11.6 Å².